The third-order valence-corrected chi connectivity index (χ3v) is 6.98. The fourth-order valence-electron chi connectivity index (χ4n) is 4.86. The highest BCUT2D eigenvalue weighted by atomic mass is 16.5. The summed E-state index contributed by atoms with van der Waals surface area (Å²) in [5, 5.41) is 18.4. The number of carbonyl (C=O) groups is 3. The fourth-order valence-corrected chi connectivity index (χ4v) is 4.86. The minimum Gasteiger partial charge on any atom is -0.481 e. The molecule has 0 bridgehead atoms. The Balaban J connectivity index is 1.95. The van der Waals surface area contributed by atoms with Crippen molar-refractivity contribution in [3.63, 3.8) is 0 Å². The number of carboxylic acids is 2. The van der Waals surface area contributed by atoms with E-state index in [4.69, 9.17) is 4.74 Å². The van der Waals surface area contributed by atoms with Gasteiger partial charge in [-0.2, -0.15) is 0 Å². The number of carboxylic acid groups (broad SMARTS) is 2. The van der Waals surface area contributed by atoms with Crippen LogP contribution in [-0.2, 0) is 19.1 Å². The van der Waals surface area contributed by atoms with Crippen LogP contribution < -0.4 is 0 Å². The number of aliphatic carboxylic acids is 2. The van der Waals surface area contributed by atoms with Crippen molar-refractivity contribution < 1.29 is 29.3 Å². The minimum atomic E-state index is -1.03. The van der Waals surface area contributed by atoms with Gasteiger partial charge in [-0.15, -0.1) is 0 Å². The molecule has 6 nitrogen and oxygen atoms in total. The first kappa shape index (κ1) is 29.4. The molecule has 0 aromatic rings. The molecular weight excluding hydrogens is 420 g/mol. The SMILES string of the molecule is CCCCCCCCCCCCCCCCCCOC(=O)C1CC(C(=O)O)CC(C(=O)O)C1. The van der Waals surface area contributed by atoms with Gasteiger partial charge in [0.1, 0.15) is 0 Å². The van der Waals surface area contributed by atoms with Crippen LogP contribution in [0.3, 0.4) is 0 Å². The molecule has 0 saturated heterocycles. The van der Waals surface area contributed by atoms with Crippen molar-refractivity contribution in [3.05, 3.63) is 0 Å². The van der Waals surface area contributed by atoms with Gasteiger partial charge in [-0.1, -0.05) is 103 Å². The van der Waals surface area contributed by atoms with Gasteiger partial charge in [-0.05, 0) is 25.7 Å². The second-order valence-corrected chi connectivity index (χ2v) is 9.95. The van der Waals surface area contributed by atoms with E-state index < -0.39 is 35.7 Å². The lowest BCUT2D eigenvalue weighted by atomic mass is 9.75. The molecule has 1 aliphatic rings. The van der Waals surface area contributed by atoms with Crippen molar-refractivity contribution in [3.8, 4) is 0 Å². The standard InChI is InChI=1S/C27H48O6/c1-2-3-4-5-6-7-8-9-10-11-12-13-14-15-16-17-18-33-27(32)24-20-22(25(28)29)19-23(21-24)26(30)31/h22-24H,2-21H2,1H3,(H,28,29)(H,30,31). The van der Waals surface area contributed by atoms with Crippen molar-refractivity contribution in [1.82, 2.24) is 0 Å². The maximum Gasteiger partial charge on any atom is 0.308 e. The lowest BCUT2D eigenvalue weighted by Crippen LogP contribution is -2.35. The van der Waals surface area contributed by atoms with E-state index in [2.05, 4.69) is 6.92 Å². The predicted octanol–water partition coefficient (Wildman–Crippen LogP) is 6.99. The van der Waals surface area contributed by atoms with Gasteiger partial charge in [0.05, 0.1) is 24.4 Å². The second-order valence-electron chi connectivity index (χ2n) is 9.95. The third kappa shape index (κ3) is 14.3. The number of ether oxygens (including phenoxy) is 1. The van der Waals surface area contributed by atoms with E-state index in [0.29, 0.717) is 6.61 Å². The highest BCUT2D eigenvalue weighted by molar-refractivity contribution is 5.79. The topological polar surface area (TPSA) is 101 Å². The van der Waals surface area contributed by atoms with Crippen LogP contribution >= 0.6 is 0 Å². The Kier molecular flexibility index (Phi) is 16.8. The molecule has 0 radical (unpaired) electrons. The summed E-state index contributed by atoms with van der Waals surface area (Å²) in [5.74, 6) is -4.69. The molecule has 6 heteroatoms. The lowest BCUT2D eigenvalue weighted by Gasteiger charge is -2.29. The van der Waals surface area contributed by atoms with E-state index in [1.807, 2.05) is 0 Å². The van der Waals surface area contributed by atoms with Crippen LogP contribution in [0, 0.1) is 17.8 Å². The molecule has 0 spiro atoms. The first-order chi connectivity index (χ1) is 16.0. The molecule has 192 valence electrons. The number of carbonyl (C=O) groups excluding carboxylic acids is 1. The smallest absolute Gasteiger partial charge is 0.308 e. The maximum absolute atomic E-state index is 12.3. The summed E-state index contributed by atoms with van der Waals surface area (Å²) in [6, 6.07) is 0. The van der Waals surface area contributed by atoms with Crippen LogP contribution in [0.5, 0.6) is 0 Å². The quantitative estimate of drug-likeness (QED) is 0.147. The zero-order valence-electron chi connectivity index (χ0n) is 20.9. The Hall–Kier alpha value is -1.59. The van der Waals surface area contributed by atoms with Crippen molar-refractivity contribution >= 4 is 17.9 Å². The van der Waals surface area contributed by atoms with Crippen LogP contribution in [0.2, 0.25) is 0 Å². The second kappa shape index (κ2) is 18.8. The molecule has 33 heavy (non-hydrogen) atoms. The van der Waals surface area contributed by atoms with E-state index in [0.717, 1.165) is 19.3 Å². The Morgan fingerprint density at radius 3 is 1.27 bits per heavy atom. The summed E-state index contributed by atoms with van der Waals surface area (Å²) in [4.78, 5) is 34.8. The van der Waals surface area contributed by atoms with Crippen LogP contribution in [0.1, 0.15) is 129 Å². The van der Waals surface area contributed by atoms with Crippen molar-refractivity contribution in [1.29, 1.82) is 0 Å². The zero-order chi connectivity index (χ0) is 24.3. The molecule has 0 heterocycles. The molecule has 0 aromatic carbocycles. The van der Waals surface area contributed by atoms with Gasteiger partial charge in [0.2, 0.25) is 0 Å². The van der Waals surface area contributed by atoms with Gasteiger partial charge in [0, 0.05) is 0 Å². The highest BCUT2D eigenvalue weighted by Gasteiger charge is 2.39. The fraction of sp³-hybridized carbons (Fsp3) is 0.889. The van der Waals surface area contributed by atoms with Crippen LogP contribution in [0.4, 0.5) is 0 Å². The Bertz CT molecular complexity index is 525. The maximum atomic E-state index is 12.3. The van der Waals surface area contributed by atoms with Gasteiger partial charge < -0.3 is 14.9 Å². The van der Waals surface area contributed by atoms with E-state index >= 15 is 0 Å². The van der Waals surface area contributed by atoms with Crippen LogP contribution in [0.15, 0.2) is 0 Å². The molecule has 0 aromatic heterocycles. The van der Waals surface area contributed by atoms with Crippen molar-refractivity contribution in [2.75, 3.05) is 6.61 Å². The van der Waals surface area contributed by atoms with E-state index in [1.54, 1.807) is 0 Å². The number of esters is 1. The highest BCUT2D eigenvalue weighted by Crippen LogP contribution is 2.34. The molecule has 1 fully saturated rings. The summed E-state index contributed by atoms with van der Waals surface area (Å²) in [6.45, 7) is 2.60. The monoisotopic (exact) mass is 468 g/mol. The van der Waals surface area contributed by atoms with Gasteiger partial charge in [-0.25, -0.2) is 0 Å². The summed E-state index contributed by atoms with van der Waals surface area (Å²) >= 11 is 0. The lowest BCUT2D eigenvalue weighted by molar-refractivity contribution is -0.156. The molecule has 2 unspecified atom stereocenters. The number of rotatable bonds is 20. The van der Waals surface area contributed by atoms with Crippen molar-refractivity contribution in [2.24, 2.45) is 17.8 Å². The average molecular weight is 469 g/mol. The largest absolute Gasteiger partial charge is 0.481 e. The molecule has 2 N–H and O–H groups in total. The summed E-state index contributed by atoms with van der Waals surface area (Å²) in [7, 11) is 0. The number of unbranched alkanes of at least 4 members (excludes halogenated alkanes) is 15. The van der Waals surface area contributed by atoms with E-state index in [9.17, 15) is 24.6 Å². The van der Waals surface area contributed by atoms with Crippen LogP contribution in [-0.4, -0.2) is 34.7 Å². The summed E-state index contributed by atoms with van der Waals surface area (Å²) < 4.78 is 5.33. The summed E-state index contributed by atoms with van der Waals surface area (Å²) in [6.07, 6.45) is 21.0. The molecule has 1 aliphatic carbocycles. The van der Waals surface area contributed by atoms with Crippen LogP contribution in [0.25, 0.3) is 0 Å². The first-order valence-electron chi connectivity index (χ1n) is 13.6. The zero-order valence-corrected chi connectivity index (χ0v) is 20.9. The molecule has 0 aliphatic heterocycles. The Morgan fingerprint density at radius 2 is 0.909 bits per heavy atom. The molecular formula is C27H48O6. The van der Waals surface area contributed by atoms with E-state index in [1.165, 1.54) is 83.5 Å². The molecule has 1 rings (SSSR count). The predicted molar refractivity (Wildman–Crippen MR) is 130 cm³/mol. The van der Waals surface area contributed by atoms with Gasteiger partial charge in [0.15, 0.2) is 0 Å². The number of hydrogen-bond donors (Lipinski definition) is 2. The normalized spacial score (nSPS) is 20.5. The van der Waals surface area contributed by atoms with Crippen molar-refractivity contribution in [2.45, 2.75) is 129 Å². The van der Waals surface area contributed by atoms with Gasteiger partial charge in [0.25, 0.3) is 0 Å². The molecule has 0 amide bonds. The number of hydrogen-bond acceptors (Lipinski definition) is 4. The Morgan fingerprint density at radius 1 is 0.576 bits per heavy atom. The van der Waals surface area contributed by atoms with E-state index in [-0.39, 0.29) is 19.3 Å². The first-order valence-corrected chi connectivity index (χ1v) is 13.6. The summed E-state index contributed by atoms with van der Waals surface area (Å²) in [5.41, 5.74) is 0. The average Bonchev–Trinajstić information content (AvgIpc) is 2.80. The third-order valence-electron chi connectivity index (χ3n) is 6.98. The van der Waals surface area contributed by atoms with Gasteiger partial charge in [-0.3, -0.25) is 14.4 Å². The van der Waals surface area contributed by atoms with Gasteiger partial charge >= 0.3 is 17.9 Å². The molecule has 1 saturated carbocycles. The minimum absolute atomic E-state index is 0.0908. The Labute approximate surface area is 200 Å². The molecule has 2 atom stereocenters.